The van der Waals surface area contributed by atoms with Gasteiger partial charge in [0.15, 0.2) is 0 Å². The van der Waals surface area contributed by atoms with Gasteiger partial charge in [-0.25, -0.2) is 4.79 Å². The van der Waals surface area contributed by atoms with E-state index in [1.54, 1.807) is 25.1 Å². The molecule has 1 heterocycles. The van der Waals surface area contributed by atoms with Crippen molar-refractivity contribution in [2.75, 3.05) is 0 Å². The number of aromatic nitrogens is 1. The maximum Gasteiger partial charge on any atom is 0.387 e. The predicted molar refractivity (Wildman–Crippen MR) is 72.6 cm³/mol. The van der Waals surface area contributed by atoms with Crippen LogP contribution in [0, 0.1) is 0 Å². The topological polar surface area (TPSA) is 59.4 Å². The van der Waals surface area contributed by atoms with Crippen molar-refractivity contribution in [1.29, 1.82) is 0 Å². The molecule has 1 aromatic heterocycles. The van der Waals surface area contributed by atoms with E-state index in [1.165, 1.54) is 18.2 Å². The first-order valence-corrected chi connectivity index (χ1v) is 6.29. The van der Waals surface area contributed by atoms with Crippen LogP contribution in [0.3, 0.4) is 0 Å². The highest BCUT2D eigenvalue weighted by molar-refractivity contribution is 5.89. The van der Waals surface area contributed by atoms with E-state index in [2.05, 4.69) is 9.72 Å². The summed E-state index contributed by atoms with van der Waals surface area (Å²) in [6.07, 6.45) is 0.461. The molecule has 0 atom stereocenters. The summed E-state index contributed by atoms with van der Waals surface area (Å²) in [6.45, 7) is -1.09. The Morgan fingerprint density at radius 3 is 2.71 bits per heavy atom. The molecule has 2 rings (SSSR count). The molecule has 1 N–H and O–H groups in total. The van der Waals surface area contributed by atoms with Crippen LogP contribution in [0.2, 0.25) is 0 Å². The van der Waals surface area contributed by atoms with Crippen LogP contribution in [0.25, 0.3) is 11.3 Å². The van der Waals surface area contributed by atoms with E-state index in [4.69, 9.17) is 5.11 Å². The Labute approximate surface area is 120 Å². The third-order valence-corrected chi connectivity index (χ3v) is 2.89. The van der Waals surface area contributed by atoms with Gasteiger partial charge in [0.25, 0.3) is 0 Å². The number of hydrogen-bond donors (Lipinski definition) is 1. The molecule has 0 saturated heterocycles. The molecule has 0 aliphatic carbocycles. The van der Waals surface area contributed by atoms with Crippen molar-refractivity contribution in [3.05, 3.63) is 47.7 Å². The first-order chi connectivity index (χ1) is 10.0. The van der Waals surface area contributed by atoms with E-state index in [1.807, 2.05) is 0 Å². The van der Waals surface area contributed by atoms with Crippen LogP contribution < -0.4 is 4.74 Å². The molecule has 110 valence electrons. The molecule has 0 aliphatic rings. The van der Waals surface area contributed by atoms with Gasteiger partial charge in [-0.2, -0.15) is 8.78 Å². The molecule has 0 bridgehead atoms. The Hall–Kier alpha value is -2.50. The number of benzene rings is 1. The number of rotatable bonds is 5. The zero-order valence-electron chi connectivity index (χ0n) is 11.2. The van der Waals surface area contributed by atoms with E-state index >= 15 is 0 Å². The van der Waals surface area contributed by atoms with E-state index in [0.717, 1.165) is 0 Å². The van der Waals surface area contributed by atoms with Crippen LogP contribution in [0.4, 0.5) is 8.78 Å². The molecule has 21 heavy (non-hydrogen) atoms. The average molecular weight is 293 g/mol. The highest BCUT2D eigenvalue weighted by atomic mass is 19.3. The van der Waals surface area contributed by atoms with Crippen molar-refractivity contribution in [3.63, 3.8) is 0 Å². The molecule has 0 saturated carbocycles. The number of alkyl halides is 2. The van der Waals surface area contributed by atoms with Gasteiger partial charge < -0.3 is 9.84 Å². The summed E-state index contributed by atoms with van der Waals surface area (Å²) in [4.78, 5) is 15.3. The number of carbonyl (C=O) groups is 1. The summed E-state index contributed by atoms with van der Waals surface area (Å²) >= 11 is 0. The molecule has 6 heteroatoms. The van der Waals surface area contributed by atoms with Crippen LogP contribution in [0.1, 0.15) is 23.0 Å². The summed E-state index contributed by atoms with van der Waals surface area (Å²) in [5.74, 6) is -1.01. The highest BCUT2D eigenvalue weighted by Crippen LogP contribution is 2.24. The molecular formula is C15H13F2NO3. The van der Waals surface area contributed by atoms with Gasteiger partial charge in [-0.05, 0) is 30.7 Å². The number of ether oxygens (including phenoxy) is 1. The van der Waals surface area contributed by atoms with Crippen LogP contribution >= 0.6 is 0 Å². The van der Waals surface area contributed by atoms with Crippen molar-refractivity contribution in [2.24, 2.45) is 0 Å². The second-order valence-electron chi connectivity index (χ2n) is 4.26. The minimum Gasteiger partial charge on any atom is -0.478 e. The van der Waals surface area contributed by atoms with E-state index in [-0.39, 0.29) is 11.3 Å². The van der Waals surface area contributed by atoms with Crippen LogP contribution in [-0.4, -0.2) is 22.7 Å². The summed E-state index contributed by atoms with van der Waals surface area (Å²) < 4.78 is 28.8. The summed E-state index contributed by atoms with van der Waals surface area (Å²) in [5, 5.41) is 9.06. The van der Waals surface area contributed by atoms with Crippen molar-refractivity contribution < 1.29 is 23.4 Å². The molecule has 0 radical (unpaired) electrons. The Morgan fingerprint density at radius 1 is 1.33 bits per heavy atom. The number of pyridine rings is 1. The zero-order chi connectivity index (χ0) is 15.4. The molecule has 0 spiro atoms. The second-order valence-corrected chi connectivity index (χ2v) is 4.26. The fourth-order valence-electron chi connectivity index (χ4n) is 1.96. The standard InChI is InChI=1S/C15H13F2NO3/c1-2-12-11(14(19)20)6-7-13(18-12)9-4-3-5-10(8-9)21-15(16)17/h3-8,15H,2H2,1H3,(H,19,20). The van der Waals surface area contributed by atoms with Crippen LogP contribution in [0.5, 0.6) is 5.75 Å². The quantitative estimate of drug-likeness (QED) is 0.914. The zero-order valence-corrected chi connectivity index (χ0v) is 11.2. The number of aromatic carboxylic acids is 1. The normalized spacial score (nSPS) is 10.7. The molecule has 2 aromatic rings. The van der Waals surface area contributed by atoms with Gasteiger partial charge in [0.1, 0.15) is 5.75 Å². The molecule has 4 nitrogen and oxygen atoms in total. The number of carboxylic acid groups (broad SMARTS) is 1. The number of carboxylic acids is 1. The second kappa shape index (κ2) is 6.30. The summed E-state index contributed by atoms with van der Waals surface area (Å²) in [7, 11) is 0. The highest BCUT2D eigenvalue weighted by Gasteiger charge is 2.12. The maximum absolute atomic E-state index is 12.2. The molecule has 0 fully saturated rings. The smallest absolute Gasteiger partial charge is 0.387 e. The molecule has 0 amide bonds. The lowest BCUT2D eigenvalue weighted by molar-refractivity contribution is -0.0498. The number of nitrogens with zero attached hydrogens (tertiary/aromatic N) is 1. The lowest BCUT2D eigenvalue weighted by Crippen LogP contribution is -2.05. The average Bonchev–Trinajstić information content (AvgIpc) is 2.46. The van der Waals surface area contributed by atoms with Gasteiger partial charge in [-0.3, -0.25) is 4.98 Å². The summed E-state index contributed by atoms with van der Waals surface area (Å²) in [6, 6.07) is 9.14. The fraction of sp³-hybridized carbons (Fsp3) is 0.200. The summed E-state index contributed by atoms with van der Waals surface area (Å²) in [5.41, 5.74) is 1.68. The van der Waals surface area contributed by atoms with Gasteiger partial charge >= 0.3 is 12.6 Å². The largest absolute Gasteiger partial charge is 0.478 e. The predicted octanol–water partition coefficient (Wildman–Crippen LogP) is 3.61. The number of hydrogen-bond acceptors (Lipinski definition) is 3. The monoisotopic (exact) mass is 293 g/mol. The minimum absolute atomic E-state index is 0.0321. The van der Waals surface area contributed by atoms with Gasteiger partial charge in [0.05, 0.1) is 17.0 Å². The van der Waals surface area contributed by atoms with Gasteiger partial charge in [-0.1, -0.05) is 19.1 Å². The third kappa shape index (κ3) is 3.53. The Morgan fingerprint density at radius 2 is 2.10 bits per heavy atom. The molecule has 0 aliphatic heterocycles. The first-order valence-electron chi connectivity index (χ1n) is 6.29. The Kier molecular flexibility index (Phi) is 4.47. The third-order valence-electron chi connectivity index (χ3n) is 2.89. The first kappa shape index (κ1) is 14.9. The van der Waals surface area contributed by atoms with E-state index < -0.39 is 12.6 Å². The van der Waals surface area contributed by atoms with Crippen molar-refractivity contribution in [2.45, 2.75) is 20.0 Å². The van der Waals surface area contributed by atoms with Gasteiger partial charge in [0.2, 0.25) is 0 Å². The lowest BCUT2D eigenvalue weighted by Gasteiger charge is -2.09. The maximum atomic E-state index is 12.2. The fourth-order valence-corrected chi connectivity index (χ4v) is 1.96. The van der Waals surface area contributed by atoms with E-state index in [9.17, 15) is 13.6 Å². The molecule has 1 aromatic carbocycles. The van der Waals surface area contributed by atoms with Crippen LogP contribution in [-0.2, 0) is 6.42 Å². The number of aryl methyl sites for hydroxylation is 1. The van der Waals surface area contributed by atoms with Gasteiger partial charge in [0, 0.05) is 5.56 Å². The van der Waals surface area contributed by atoms with Crippen molar-refractivity contribution >= 4 is 5.97 Å². The minimum atomic E-state index is -2.89. The molecular weight excluding hydrogens is 280 g/mol. The van der Waals surface area contributed by atoms with Crippen LogP contribution in [0.15, 0.2) is 36.4 Å². The Bertz CT molecular complexity index is 659. The van der Waals surface area contributed by atoms with Crippen molar-refractivity contribution in [3.8, 4) is 17.0 Å². The lowest BCUT2D eigenvalue weighted by atomic mass is 10.1. The number of halogens is 2. The Balaban J connectivity index is 2.40. The SMILES string of the molecule is CCc1nc(-c2cccc(OC(F)F)c2)ccc1C(=O)O. The van der Waals surface area contributed by atoms with E-state index in [0.29, 0.717) is 23.4 Å². The van der Waals surface area contributed by atoms with Gasteiger partial charge in [-0.15, -0.1) is 0 Å². The van der Waals surface area contributed by atoms with Crippen molar-refractivity contribution in [1.82, 2.24) is 4.98 Å². The molecule has 0 unspecified atom stereocenters.